The fourth-order valence-electron chi connectivity index (χ4n) is 10.3. The van der Waals surface area contributed by atoms with E-state index in [0.29, 0.717) is 65.5 Å². The van der Waals surface area contributed by atoms with Crippen LogP contribution >= 0.6 is 0 Å². The van der Waals surface area contributed by atoms with Gasteiger partial charge < -0.3 is 40.3 Å². The zero-order valence-electron chi connectivity index (χ0n) is 48.4. The van der Waals surface area contributed by atoms with Crippen molar-refractivity contribution >= 4 is 39.7 Å². The third kappa shape index (κ3) is 12.2. The highest BCUT2D eigenvalue weighted by molar-refractivity contribution is 6.02. The highest BCUT2D eigenvalue weighted by Crippen LogP contribution is 2.38. The molecular weight excluding hydrogens is 1040 g/mol. The number of carbonyl (C=O) groups is 3. The molecule has 0 aliphatic carbocycles. The Morgan fingerprint density at radius 3 is 1.84 bits per heavy atom. The number of imidazole rings is 2. The predicted octanol–water partition coefficient (Wildman–Crippen LogP) is 11.7. The smallest absolute Gasteiger partial charge is 0.410 e. The van der Waals surface area contributed by atoms with Crippen LogP contribution < -0.4 is 16.0 Å². The molecule has 0 spiro atoms. The monoisotopic (exact) mass is 1110 g/mol. The second-order valence-corrected chi connectivity index (χ2v) is 21.4. The second-order valence-electron chi connectivity index (χ2n) is 21.4. The highest BCUT2D eigenvalue weighted by Gasteiger charge is 2.28. The number of amides is 3. The molecule has 0 bridgehead atoms. The summed E-state index contributed by atoms with van der Waals surface area (Å²) in [7, 11) is 3.21. The van der Waals surface area contributed by atoms with E-state index in [9.17, 15) is 14.4 Å². The number of ether oxygens (including phenoxy) is 2. The first-order chi connectivity index (χ1) is 40.2. The molecule has 19 nitrogen and oxygen atoms in total. The number of nitrogens with one attached hydrogen (secondary N) is 6. The van der Waals surface area contributed by atoms with Gasteiger partial charge >= 0.3 is 6.09 Å². The fourth-order valence-corrected chi connectivity index (χ4v) is 10.3. The molecule has 83 heavy (non-hydrogen) atoms. The lowest BCUT2D eigenvalue weighted by molar-refractivity contribution is -0.0365. The van der Waals surface area contributed by atoms with Gasteiger partial charge in [0.2, 0.25) is 0 Å². The molecule has 1 saturated heterocycles. The molecule has 1 fully saturated rings. The summed E-state index contributed by atoms with van der Waals surface area (Å²) in [4.78, 5) is 65.5. The minimum atomic E-state index is -0.586. The first-order valence-corrected chi connectivity index (χ1v) is 28.1. The molecule has 4 aromatic carbocycles. The van der Waals surface area contributed by atoms with Crippen molar-refractivity contribution in [2.24, 2.45) is 0 Å². The summed E-state index contributed by atoms with van der Waals surface area (Å²) in [6.45, 7) is 17.0. The SMILES string of the molecule is CCN(Cc1cncc(-c2ccc3c(c2)c(-c2nc(-c4ccccc4)c(C(=O)NC)[nH]2)nn3C2CCCCO2)c1C)C(=O)OC(C)(C)C.CCNCc1cncc(-c2ccc3[nH]nc(-c4nc(-c5ccccc5)c(C(=O)NC)[nH]4)c3c2)c1C. The topological polar surface area (TPSA) is 239 Å². The Bertz CT molecular complexity index is 3940. The Hall–Kier alpha value is -9.33. The molecule has 6 aromatic heterocycles. The van der Waals surface area contributed by atoms with Gasteiger partial charge in [0.15, 0.2) is 17.9 Å². The Balaban J connectivity index is 0.000000195. The number of pyridine rings is 2. The van der Waals surface area contributed by atoms with Crippen LogP contribution in [0.3, 0.4) is 0 Å². The molecule has 1 aliphatic heterocycles. The fraction of sp³-hybridized carbons (Fsp3) is 0.297. The van der Waals surface area contributed by atoms with Gasteiger partial charge in [-0.05, 0) is 125 Å². The van der Waals surface area contributed by atoms with Crippen molar-refractivity contribution in [2.45, 2.75) is 92.6 Å². The number of benzene rings is 4. The van der Waals surface area contributed by atoms with Crippen LogP contribution in [0.2, 0.25) is 0 Å². The number of aromatic nitrogens is 10. The molecule has 1 atom stereocenters. The van der Waals surface area contributed by atoms with Gasteiger partial charge in [0.05, 0.1) is 17.6 Å². The molecular formula is C64H70N14O5. The van der Waals surface area contributed by atoms with Crippen LogP contribution in [0.5, 0.6) is 0 Å². The van der Waals surface area contributed by atoms with Crippen molar-refractivity contribution in [2.75, 3.05) is 33.8 Å². The van der Waals surface area contributed by atoms with Crippen molar-refractivity contribution in [3.63, 3.8) is 0 Å². The standard InChI is InChI=1S/C37H43N7O4.C27H27N7O/c1-7-43(36(46)48-37(3,4)5)22-26-20-39-21-28(23(26)2)25-16-17-29-27(19-25)32(42-44(29)30-15-11-12-18-47-30)34-40-31(24-13-9-8-10-14-24)33(41-34)35(45)38-6;1-4-29-13-19-14-30-15-21(16(19)2)18-10-11-22-20(12-18)24(34-33-22)26-31-23(17-8-6-5-7-9-17)25(32-26)27(35)28-3/h8-10,13-14,16-17,19-21,30H,7,11-12,15,18,22H2,1-6H3,(H,38,45)(H,40,41);5-12,14-15,29H,4,13H2,1-3H3,(H,28,35)(H,31,32)(H,33,34). The Kier molecular flexibility index (Phi) is 17.0. The Morgan fingerprint density at radius 2 is 1.28 bits per heavy atom. The number of aromatic amines is 3. The van der Waals surface area contributed by atoms with Crippen molar-refractivity contribution in [3.8, 4) is 67.8 Å². The molecule has 0 saturated carbocycles. The van der Waals surface area contributed by atoms with E-state index in [1.807, 2.05) is 131 Å². The largest absolute Gasteiger partial charge is 0.444 e. The number of carbonyl (C=O) groups excluding carboxylic acids is 3. The lowest BCUT2D eigenvalue weighted by Crippen LogP contribution is -2.36. The van der Waals surface area contributed by atoms with Gasteiger partial charge in [-0.3, -0.25) is 24.7 Å². The maximum atomic E-state index is 13.0. The minimum absolute atomic E-state index is 0.206. The molecule has 19 heteroatoms. The lowest BCUT2D eigenvalue weighted by atomic mass is 9.97. The first-order valence-electron chi connectivity index (χ1n) is 28.1. The van der Waals surface area contributed by atoms with E-state index in [4.69, 9.17) is 24.5 Å². The summed E-state index contributed by atoms with van der Waals surface area (Å²) >= 11 is 0. The zero-order valence-corrected chi connectivity index (χ0v) is 48.4. The van der Waals surface area contributed by atoms with E-state index in [1.165, 1.54) is 11.1 Å². The highest BCUT2D eigenvalue weighted by atomic mass is 16.6. The van der Waals surface area contributed by atoms with E-state index >= 15 is 0 Å². The van der Waals surface area contributed by atoms with E-state index in [1.54, 1.807) is 19.0 Å². The van der Waals surface area contributed by atoms with Crippen LogP contribution in [0.1, 0.15) is 103 Å². The second kappa shape index (κ2) is 24.8. The van der Waals surface area contributed by atoms with Crippen LogP contribution in [-0.4, -0.2) is 112 Å². The minimum Gasteiger partial charge on any atom is -0.444 e. The molecule has 426 valence electrons. The summed E-state index contributed by atoms with van der Waals surface area (Å²) in [5, 5.41) is 23.3. The summed E-state index contributed by atoms with van der Waals surface area (Å²) in [6, 6.07) is 31.7. The third-order valence-corrected chi connectivity index (χ3v) is 14.8. The third-order valence-electron chi connectivity index (χ3n) is 14.8. The average molecular weight is 1120 g/mol. The quantitative estimate of drug-likeness (QED) is 0.0562. The normalized spacial score (nSPS) is 13.4. The maximum absolute atomic E-state index is 13.0. The maximum Gasteiger partial charge on any atom is 0.410 e. The molecule has 0 radical (unpaired) electrons. The number of hydrogen-bond donors (Lipinski definition) is 6. The molecule has 1 unspecified atom stereocenters. The number of rotatable bonds is 15. The number of H-pyrrole nitrogens is 3. The van der Waals surface area contributed by atoms with Gasteiger partial charge in [-0.2, -0.15) is 10.2 Å². The van der Waals surface area contributed by atoms with E-state index in [-0.39, 0.29) is 24.1 Å². The molecule has 7 heterocycles. The Labute approximate surface area is 482 Å². The van der Waals surface area contributed by atoms with E-state index in [0.717, 1.165) is 98.7 Å². The van der Waals surface area contributed by atoms with Crippen LogP contribution in [0.4, 0.5) is 4.79 Å². The molecule has 3 amide bonds. The van der Waals surface area contributed by atoms with Crippen LogP contribution in [-0.2, 0) is 22.6 Å². The van der Waals surface area contributed by atoms with E-state index in [2.05, 4.69) is 90.3 Å². The number of hydrogen-bond acceptors (Lipinski definition) is 12. The summed E-state index contributed by atoms with van der Waals surface area (Å²) in [5.41, 5.74) is 14.4. The van der Waals surface area contributed by atoms with Crippen LogP contribution in [0.25, 0.3) is 89.6 Å². The summed E-state index contributed by atoms with van der Waals surface area (Å²) in [6.07, 6.45) is 9.83. The lowest BCUT2D eigenvalue weighted by Gasteiger charge is -2.27. The van der Waals surface area contributed by atoms with Crippen LogP contribution in [0.15, 0.2) is 122 Å². The van der Waals surface area contributed by atoms with Gasteiger partial charge in [-0.1, -0.05) is 79.7 Å². The molecule has 6 N–H and O–H groups in total. The van der Waals surface area contributed by atoms with Gasteiger partial charge in [0, 0.05) is 91.6 Å². The average Bonchev–Trinajstić information content (AvgIpc) is 4.05. The number of nitrogens with zero attached hydrogens (tertiary/aromatic N) is 8. The predicted molar refractivity (Wildman–Crippen MR) is 323 cm³/mol. The summed E-state index contributed by atoms with van der Waals surface area (Å²) < 4.78 is 13.8. The van der Waals surface area contributed by atoms with Crippen LogP contribution in [0, 0.1) is 13.8 Å². The molecule has 11 rings (SSSR count). The van der Waals surface area contributed by atoms with Gasteiger partial charge in [0.1, 0.15) is 39.8 Å². The van der Waals surface area contributed by atoms with Crippen molar-refractivity contribution < 1.29 is 23.9 Å². The van der Waals surface area contributed by atoms with Crippen molar-refractivity contribution in [1.82, 2.24) is 70.7 Å². The van der Waals surface area contributed by atoms with Crippen molar-refractivity contribution in [1.29, 1.82) is 0 Å². The molecule has 10 aromatic rings. The van der Waals surface area contributed by atoms with E-state index < -0.39 is 5.60 Å². The number of fused-ring (bicyclic) bond motifs is 2. The van der Waals surface area contributed by atoms with Crippen molar-refractivity contribution in [3.05, 3.63) is 155 Å². The van der Waals surface area contributed by atoms with Gasteiger partial charge in [-0.15, -0.1) is 0 Å². The zero-order chi connectivity index (χ0) is 58.4. The summed E-state index contributed by atoms with van der Waals surface area (Å²) in [5.74, 6) is 0.520. The van der Waals surface area contributed by atoms with Gasteiger partial charge in [-0.25, -0.2) is 19.4 Å². The Morgan fingerprint density at radius 1 is 0.699 bits per heavy atom. The first kappa shape index (κ1) is 56.9. The molecule has 1 aliphatic rings. The van der Waals surface area contributed by atoms with Gasteiger partial charge in [0.25, 0.3) is 11.8 Å².